The van der Waals surface area contributed by atoms with Gasteiger partial charge in [0.2, 0.25) is 0 Å². The Kier molecular flexibility index (Phi) is 14.1. The van der Waals surface area contributed by atoms with E-state index >= 15 is 0 Å². The maximum atomic E-state index is 10.3. The standard InChI is InChI=1S/C19H36O5/c20-18(21)17-22-14-10-7-5-3-1-2-4-6-8-11-15-23-19-13-9-12-16-24-19/h19H,1-17H2,(H,20,21). The van der Waals surface area contributed by atoms with Crippen LogP contribution in [0, 0.1) is 0 Å². The zero-order valence-electron chi connectivity index (χ0n) is 15.2. The lowest BCUT2D eigenvalue weighted by atomic mass is 10.1. The molecular formula is C19H36O5. The zero-order chi connectivity index (χ0) is 17.3. The van der Waals surface area contributed by atoms with Gasteiger partial charge in [0.05, 0.1) is 0 Å². The summed E-state index contributed by atoms with van der Waals surface area (Å²) in [6.07, 6.45) is 15.8. The number of ether oxygens (including phenoxy) is 3. The fraction of sp³-hybridized carbons (Fsp3) is 0.947. The summed E-state index contributed by atoms with van der Waals surface area (Å²) in [7, 11) is 0. The van der Waals surface area contributed by atoms with Crippen molar-refractivity contribution in [2.45, 2.75) is 89.8 Å². The van der Waals surface area contributed by atoms with E-state index in [0.29, 0.717) is 6.61 Å². The summed E-state index contributed by atoms with van der Waals surface area (Å²) >= 11 is 0. The smallest absolute Gasteiger partial charge is 0.329 e. The maximum Gasteiger partial charge on any atom is 0.329 e. The molecule has 1 atom stereocenters. The van der Waals surface area contributed by atoms with E-state index in [-0.39, 0.29) is 12.9 Å². The van der Waals surface area contributed by atoms with Gasteiger partial charge >= 0.3 is 5.97 Å². The molecule has 5 nitrogen and oxygen atoms in total. The average Bonchev–Trinajstić information content (AvgIpc) is 2.59. The van der Waals surface area contributed by atoms with Crippen molar-refractivity contribution < 1.29 is 24.1 Å². The maximum absolute atomic E-state index is 10.3. The van der Waals surface area contributed by atoms with Gasteiger partial charge in [0.25, 0.3) is 0 Å². The molecule has 0 radical (unpaired) electrons. The fourth-order valence-electron chi connectivity index (χ4n) is 2.94. The second-order valence-electron chi connectivity index (χ2n) is 6.65. The van der Waals surface area contributed by atoms with Crippen molar-refractivity contribution >= 4 is 5.97 Å². The average molecular weight is 344 g/mol. The van der Waals surface area contributed by atoms with Gasteiger partial charge in [-0.2, -0.15) is 0 Å². The molecule has 0 amide bonds. The number of unbranched alkanes of at least 4 members (excludes halogenated alkanes) is 9. The molecule has 0 bridgehead atoms. The number of aliphatic carboxylic acids is 1. The Labute approximate surface area is 147 Å². The Balaban J connectivity index is 1.68. The molecule has 1 aliphatic heterocycles. The molecule has 1 rings (SSSR count). The molecule has 142 valence electrons. The molecule has 1 aliphatic rings. The molecule has 1 heterocycles. The van der Waals surface area contributed by atoms with Crippen molar-refractivity contribution in [1.82, 2.24) is 0 Å². The van der Waals surface area contributed by atoms with Gasteiger partial charge in [-0.1, -0.05) is 51.4 Å². The van der Waals surface area contributed by atoms with Crippen LogP contribution in [0.5, 0.6) is 0 Å². The lowest BCUT2D eigenvalue weighted by Gasteiger charge is -2.22. The van der Waals surface area contributed by atoms with Crippen molar-refractivity contribution in [3.05, 3.63) is 0 Å². The third kappa shape index (κ3) is 13.8. The van der Waals surface area contributed by atoms with Crippen molar-refractivity contribution in [1.29, 1.82) is 0 Å². The Morgan fingerprint density at radius 2 is 1.46 bits per heavy atom. The molecule has 0 saturated carbocycles. The van der Waals surface area contributed by atoms with Crippen LogP contribution in [-0.2, 0) is 19.0 Å². The molecule has 24 heavy (non-hydrogen) atoms. The predicted molar refractivity (Wildman–Crippen MR) is 94.2 cm³/mol. The molecule has 1 fully saturated rings. The SMILES string of the molecule is O=C(O)COCCCCCCCCCCCCOC1CCCCO1. The minimum Gasteiger partial charge on any atom is -0.480 e. The van der Waals surface area contributed by atoms with Gasteiger partial charge in [-0.25, -0.2) is 4.79 Å². The Hall–Kier alpha value is -0.650. The van der Waals surface area contributed by atoms with E-state index in [1.54, 1.807) is 0 Å². The molecule has 0 aliphatic carbocycles. The van der Waals surface area contributed by atoms with Crippen LogP contribution in [0.2, 0.25) is 0 Å². The second-order valence-corrected chi connectivity index (χ2v) is 6.65. The summed E-state index contributed by atoms with van der Waals surface area (Å²) in [5.74, 6) is -0.885. The molecule has 1 N–H and O–H groups in total. The second kappa shape index (κ2) is 15.9. The highest BCUT2D eigenvalue weighted by Gasteiger charge is 2.13. The van der Waals surface area contributed by atoms with Crippen LogP contribution in [-0.4, -0.2) is 43.8 Å². The van der Waals surface area contributed by atoms with Crippen molar-refractivity contribution in [2.75, 3.05) is 26.4 Å². The third-order valence-electron chi connectivity index (χ3n) is 4.35. The predicted octanol–water partition coefficient (Wildman–Crippen LogP) is 4.53. The molecule has 0 aromatic heterocycles. The van der Waals surface area contributed by atoms with Crippen LogP contribution in [0.15, 0.2) is 0 Å². The molecule has 0 spiro atoms. The van der Waals surface area contributed by atoms with Crippen molar-refractivity contribution in [2.24, 2.45) is 0 Å². The van der Waals surface area contributed by atoms with Crippen LogP contribution < -0.4 is 0 Å². The first-order valence-electron chi connectivity index (χ1n) is 9.82. The molecule has 1 saturated heterocycles. The summed E-state index contributed by atoms with van der Waals surface area (Å²) in [6, 6.07) is 0. The summed E-state index contributed by atoms with van der Waals surface area (Å²) in [5, 5.41) is 8.43. The van der Waals surface area contributed by atoms with Gasteiger partial charge in [-0.3, -0.25) is 0 Å². The molecule has 0 aromatic rings. The van der Waals surface area contributed by atoms with Gasteiger partial charge in [0, 0.05) is 19.8 Å². The highest BCUT2D eigenvalue weighted by molar-refractivity contribution is 5.67. The van der Waals surface area contributed by atoms with Crippen LogP contribution in [0.25, 0.3) is 0 Å². The van der Waals surface area contributed by atoms with Gasteiger partial charge in [-0.05, 0) is 32.1 Å². The lowest BCUT2D eigenvalue weighted by Crippen LogP contribution is -2.22. The topological polar surface area (TPSA) is 65.0 Å². The minimum absolute atomic E-state index is 0.0632. The van der Waals surface area contributed by atoms with Crippen molar-refractivity contribution in [3.8, 4) is 0 Å². The molecule has 1 unspecified atom stereocenters. The third-order valence-corrected chi connectivity index (χ3v) is 4.35. The van der Waals surface area contributed by atoms with Gasteiger partial charge in [0.15, 0.2) is 6.29 Å². The molecular weight excluding hydrogens is 308 g/mol. The quantitative estimate of drug-likeness (QED) is 0.417. The Morgan fingerprint density at radius 1 is 0.875 bits per heavy atom. The van der Waals surface area contributed by atoms with E-state index in [4.69, 9.17) is 19.3 Å². The van der Waals surface area contributed by atoms with Gasteiger partial charge < -0.3 is 19.3 Å². The minimum atomic E-state index is -0.885. The first-order valence-corrected chi connectivity index (χ1v) is 9.82. The summed E-state index contributed by atoms with van der Waals surface area (Å²) in [4.78, 5) is 10.3. The van der Waals surface area contributed by atoms with Crippen LogP contribution in [0.1, 0.15) is 83.5 Å². The van der Waals surface area contributed by atoms with Gasteiger partial charge in [-0.15, -0.1) is 0 Å². The van der Waals surface area contributed by atoms with E-state index in [9.17, 15) is 4.79 Å². The number of hydrogen-bond acceptors (Lipinski definition) is 4. The monoisotopic (exact) mass is 344 g/mol. The first-order chi connectivity index (χ1) is 11.8. The number of carboxylic acids is 1. The van der Waals surface area contributed by atoms with E-state index in [0.717, 1.165) is 38.9 Å². The van der Waals surface area contributed by atoms with E-state index < -0.39 is 5.97 Å². The summed E-state index contributed by atoms with van der Waals surface area (Å²) in [5.41, 5.74) is 0. The summed E-state index contributed by atoms with van der Waals surface area (Å²) < 4.78 is 16.3. The fourth-order valence-corrected chi connectivity index (χ4v) is 2.94. The first kappa shape index (κ1) is 21.4. The number of carboxylic acid groups (broad SMARTS) is 1. The Bertz CT molecular complexity index is 289. The van der Waals surface area contributed by atoms with Crippen LogP contribution in [0.3, 0.4) is 0 Å². The molecule has 5 heteroatoms. The van der Waals surface area contributed by atoms with E-state index in [1.165, 1.54) is 57.8 Å². The normalized spacial score (nSPS) is 17.9. The van der Waals surface area contributed by atoms with Crippen molar-refractivity contribution in [3.63, 3.8) is 0 Å². The highest BCUT2D eigenvalue weighted by atomic mass is 16.7. The van der Waals surface area contributed by atoms with E-state index in [2.05, 4.69) is 0 Å². The lowest BCUT2D eigenvalue weighted by molar-refractivity contribution is -0.162. The highest BCUT2D eigenvalue weighted by Crippen LogP contribution is 2.15. The van der Waals surface area contributed by atoms with Crippen LogP contribution >= 0.6 is 0 Å². The Morgan fingerprint density at radius 3 is 2.00 bits per heavy atom. The van der Waals surface area contributed by atoms with Gasteiger partial charge in [0.1, 0.15) is 6.61 Å². The molecule has 0 aromatic carbocycles. The van der Waals surface area contributed by atoms with E-state index in [1.807, 2.05) is 0 Å². The van der Waals surface area contributed by atoms with Crippen LogP contribution in [0.4, 0.5) is 0 Å². The number of rotatable bonds is 16. The number of carbonyl (C=O) groups is 1. The number of hydrogen-bond donors (Lipinski definition) is 1. The summed E-state index contributed by atoms with van der Waals surface area (Å²) in [6.45, 7) is 2.10. The zero-order valence-corrected chi connectivity index (χ0v) is 15.2. The largest absolute Gasteiger partial charge is 0.480 e.